The predicted molar refractivity (Wildman–Crippen MR) is 186 cm³/mol. The van der Waals surface area contributed by atoms with Crippen LogP contribution in [0.15, 0.2) is 45.6 Å². The summed E-state index contributed by atoms with van der Waals surface area (Å²) >= 11 is 0. The first-order valence-electron chi connectivity index (χ1n) is 17.9. The number of hydrogen-bond donors (Lipinski definition) is 2. The number of fused-ring (bicyclic) bond motifs is 2. The van der Waals surface area contributed by atoms with E-state index >= 15 is 0 Å². The Hall–Kier alpha value is -4.32. The third-order valence-corrected chi connectivity index (χ3v) is 11.3. The normalized spacial score (nSPS) is 20.5. The van der Waals surface area contributed by atoms with Gasteiger partial charge in [0.25, 0.3) is 5.91 Å². The molecule has 262 valence electrons. The van der Waals surface area contributed by atoms with Crippen LogP contribution in [0.1, 0.15) is 55.2 Å². The van der Waals surface area contributed by atoms with Gasteiger partial charge in [0.15, 0.2) is 11.7 Å². The number of oxazole rings is 1. The van der Waals surface area contributed by atoms with Gasteiger partial charge < -0.3 is 34.5 Å². The highest BCUT2D eigenvalue weighted by Gasteiger charge is 2.36. The molecule has 4 amide bonds. The number of hydrogen-bond acceptors (Lipinski definition) is 7. The first-order valence-corrected chi connectivity index (χ1v) is 17.9. The van der Waals surface area contributed by atoms with Gasteiger partial charge in [0.1, 0.15) is 0 Å². The molecule has 2 aromatic carbocycles. The van der Waals surface area contributed by atoms with Crippen molar-refractivity contribution in [1.82, 2.24) is 24.6 Å². The summed E-state index contributed by atoms with van der Waals surface area (Å²) in [6.45, 7) is 6.82. The lowest BCUT2D eigenvalue weighted by molar-refractivity contribution is -0.142. The molecule has 0 aliphatic carbocycles. The minimum Gasteiger partial charge on any atom is -0.436 e. The average molecular weight is 673 g/mol. The third-order valence-electron chi connectivity index (χ3n) is 11.3. The van der Waals surface area contributed by atoms with Crippen LogP contribution in [0.3, 0.4) is 0 Å². The molecule has 4 aliphatic heterocycles. The molecule has 49 heavy (non-hydrogen) atoms. The van der Waals surface area contributed by atoms with Gasteiger partial charge in [-0.15, -0.1) is 0 Å². The quantitative estimate of drug-likeness (QED) is 0.400. The molecule has 1 atom stereocenters. The van der Waals surface area contributed by atoms with E-state index in [1.54, 1.807) is 18.0 Å². The largest absolute Gasteiger partial charge is 0.436 e. The van der Waals surface area contributed by atoms with Crippen molar-refractivity contribution in [2.75, 3.05) is 51.1 Å². The molecule has 12 heteroatoms. The second kappa shape index (κ2) is 14.3. The number of urea groups is 1. The second-order valence-corrected chi connectivity index (χ2v) is 14.3. The number of amides is 4. The molecule has 3 saturated heterocycles. The van der Waals surface area contributed by atoms with E-state index in [1.807, 2.05) is 47.1 Å². The summed E-state index contributed by atoms with van der Waals surface area (Å²) in [6, 6.07) is 11.5. The van der Waals surface area contributed by atoms with Crippen molar-refractivity contribution in [3.05, 3.63) is 63.6 Å². The van der Waals surface area contributed by atoms with Crippen molar-refractivity contribution in [2.24, 2.45) is 18.9 Å². The molecular weight excluding hydrogens is 624 g/mol. The van der Waals surface area contributed by atoms with Crippen molar-refractivity contribution in [1.29, 1.82) is 0 Å². The maximum Gasteiger partial charge on any atom is 0.419 e. The van der Waals surface area contributed by atoms with E-state index in [-0.39, 0.29) is 24.4 Å². The predicted octanol–water partition coefficient (Wildman–Crippen LogP) is 4.28. The molecule has 2 N–H and O–H groups in total. The number of anilines is 1. The Labute approximate surface area is 286 Å². The van der Waals surface area contributed by atoms with Gasteiger partial charge in [-0.2, -0.15) is 0 Å². The lowest BCUT2D eigenvalue weighted by atomic mass is 9.79. The number of likely N-dealkylation sites (tertiary alicyclic amines) is 2. The molecule has 0 bridgehead atoms. The molecule has 0 spiro atoms. The molecule has 3 aromatic rings. The zero-order chi connectivity index (χ0) is 34.1. The SMILES string of the molecule is Cc1cc(C[C@@H](OC(=O)N2CCC(N3CCc4ccccc4NC3=O)CC2)C(=O)N2CCC(C3CCNCC3)CC2)cc2oc(=O)n(C)c12. The van der Waals surface area contributed by atoms with Crippen LogP contribution < -0.4 is 16.4 Å². The minimum absolute atomic E-state index is 0.00673. The highest BCUT2D eigenvalue weighted by Crippen LogP contribution is 2.32. The summed E-state index contributed by atoms with van der Waals surface area (Å²) in [4.78, 5) is 58.6. The smallest absolute Gasteiger partial charge is 0.419 e. The number of aromatic nitrogens is 1. The van der Waals surface area contributed by atoms with Crippen molar-refractivity contribution < 1.29 is 23.5 Å². The van der Waals surface area contributed by atoms with Crippen LogP contribution in [-0.4, -0.2) is 95.3 Å². The number of nitrogens with zero attached hydrogens (tertiary/aromatic N) is 4. The fraction of sp³-hybridized carbons (Fsp3) is 0.568. The monoisotopic (exact) mass is 672 g/mol. The molecule has 0 saturated carbocycles. The maximum absolute atomic E-state index is 14.1. The molecule has 5 heterocycles. The summed E-state index contributed by atoms with van der Waals surface area (Å²) in [5, 5.41) is 6.50. The van der Waals surface area contributed by atoms with Gasteiger partial charge in [-0.3, -0.25) is 9.36 Å². The first kappa shape index (κ1) is 33.2. The molecule has 0 unspecified atom stereocenters. The number of benzene rings is 2. The topological polar surface area (TPSA) is 129 Å². The highest BCUT2D eigenvalue weighted by molar-refractivity contribution is 5.91. The number of piperidine rings is 3. The Kier molecular flexibility index (Phi) is 9.66. The van der Waals surface area contributed by atoms with Gasteiger partial charge in [-0.25, -0.2) is 14.4 Å². The van der Waals surface area contributed by atoms with Crippen molar-refractivity contribution in [3.63, 3.8) is 0 Å². The van der Waals surface area contributed by atoms with E-state index < -0.39 is 18.0 Å². The van der Waals surface area contributed by atoms with E-state index in [0.29, 0.717) is 68.5 Å². The molecule has 7 rings (SSSR count). The van der Waals surface area contributed by atoms with Crippen LogP contribution in [0, 0.1) is 18.8 Å². The first-order chi connectivity index (χ1) is 23.7. The second-order valence-electron chi connectivity index (χ2n) is 14.3. The Morgan fingerprint density at radius 1 is 0.918 bits per heavy atom. The Bertz CT molecular complexity index is 1750. The molecule has 0 radical (unpaired) electrons. The van der Waals surface area contributed by atoms with Crippen LogP contribution in [0.5, 0.6) is 0 Å². The number of ether oxygens (including phenoxy) is 1. The summed E-state index contributed by atoms with van der Waals surface area (Å²) in [7, 11) is 1.67. The Morgan fingerprint density at radius 2 is 1.61 bits per heavy atom. The Morgan fingerprint density at radius 3 is 2.37 bits per heavy atom. The minimum atomic E-state index is -1.01. The van der Waals surface area contributed by atoms with Crippen LogP contribution in [0.2, 0.25) is 0 Å². The van der Waals surface area contributed by atoms with Gasteiger partial charge in [-0.05, 0) is 106 Å². The fourth-order valence-corrected chi connectivity index (χ4v) is 8.50. The lowest BCUT2D eigenvalue weighted by Gasteiger charge is -2.39. The van der Waals surface area contributed by atoms with Gasteiger partial charge in [0.05, 0.1) is 5.52 Å². The van der Waals surface area contributed by atoms with E-state index in [9.17, 15) is 19.2 Å². The fourth-order valence-electron chi connectivity index (χ4n) is 8.50. The van der Waals surface area contributed by atoms with E-state index in [0.717, 1.165) is 54.7 Å². The van der Waals surface area contributed by atoms with Crippen LogP contribution in [0.4, 0.5) is 15.3 Å². The van der Waals surface area contributed by atoms with Gasteiger partial charge in [0.2, 0.25) is 0 Å². The van der Waals surface area contributed by atoms with Crippen LogP contribution in [-0.2, 0) is 29.4 Å². The van der Waals surface area contributed by atoms with Gasteiger partial charge >= 0.3 is 17.9 Å². The summed E-state index contributed by atoms with van der Waals surface area (Å²) < 4.78 is 13.0. The number of para-hydroxylation sites is 1. The van der Waals surface area contributed by atoms with Gasteiger partial charge in [-0.1, -0.05) is 24.3 Å². The number of carbonyl (C=O) groups is 3. The number of aryl methyl sites for hydroxylation is 2. The maximum atomic E-state index is 14.1. The lowest BCUT2D eigenvalue weighted by Crippen LogP contribution is -2.52. The van der Waals surface area contributed by atoms with Crippen molar-refractivity contribution >= 4 is 34.8 Å². The van der Waals surface area contributed by atoms with E-state index in [1.165, 1.54) is 17.4 Å². The number of carbonyl (C=O) groups excluding carboxylic acids is 3. The van der Waals surface area contributed by atoms with Crippen molar-refractivity contribution in [3.8, 4) is 0 Å². The molecule has 3 fully saturated rings. The van der Waals surface area contributed by atoms with E-state index in [4.69, 9.17) is 9.15 Å². The number of nitrogens with one attached hydrogen (secondary N) is 2. The number of rotatable bonds is 6. The van der Waals surface area contributed by atoms with Crippen molar-refractivity contribution in [2.45, 2.75) is 70.4 Å². The van der Waals surface area contributed by atoms with Gasteiger partial charge in [0, 0.05) is 57.9 Å². The third kappa shape index (κ3) is 7.06. The van der Waals surface area contributed by atoms with E-state index in [2.05, 4.69) is 10.6 Å². The molecule has 4 aliphatic rings. The van der Waals surface area contributed by atoms with Crippen LogP contribution >= 0.6 is 0 Å². The molecule has 12 nitrogen and oxygen atoms in total. The standard InChI is InChI=1S/C37H48N6O6/c1-24-21-25(22-31-33(24)40(2)36(46)48-31)23-32(34(44)41-16-9-27(10-17-41)26-7-14-38-15-8-26)49-37(47)42-18-12-29(13-19-42)43-20-11-28-5-3-4-6-30(28)39-35(43)45/h3-6,21-22,26-27,29,32,38H,7-20,23H2,1-2H3,(H,39,45)/t32-/m1/s1. The average Bonchev–Trinajstić information content (AvgIpc) is 3.30. The zero-order valence-corrected chi connectivity index (χ0v) is 28.6. The zero-order valence-electron chi connectivity index (χ0n) is 28.6. The summed E-state index contributed by atoms with van der Waals surface area (Å²) in [6.07, 6.45) is 4.97. The molecular formula is C37H48N6O6. The summed E-state index contributed by atoms with van der Waals surface area (Å²) in [5.74, 6) is 0.678. The van der Waals surface area contributed by atoms with Crippen LogP contribution in [0.25, 0.3) is 11.1 Å². The Balaban J connectivity index is 1.02. The highest BCUT2D eigenvalue weighted by atomic mass is 16.6. The summed E-state index contributed by atoms with van der Waals surface area (Å²) in [5.41, 5.74) is 4.75. The molecule has 1 aromatic heterocycles.